The molecular weight excluding hydrogens is 162 g/mol. The molecule has 2 heterocycles. The van der Waals surface area contributed by atoms with Gasteiger partial charge in [-0.05, 0) is 24.6 Å². The maximum Gasteiger partial charge on any atom is 0.140 e. The molecule has 3 nitrogen and oxygen atoms in total. The molecule has 0 saturated carbocycles. The molecule has 0 spiro atoms. The lowest BCUT2D eigenvalue weighted by atomic mass is 10.2. The lowest BCUT2D eigenvalue weighted by molar-refractivity contribution is 0.882. The van der Waals surface area contributed by atoms with Gasteiger partial charge in [-0.3, -0.25) is 0 Å². The monoisotopic (exact) mass is 175 g/mol. The minimum atomic E-state index is 0.578. The van der Waals surface area contributed by atoms with E-state index in [2.05, 4.69) is 22.5 Å². The van der Waals surface area contributed by atoms with E-state index in [1.807, 2.05) is 19.3 Å². The van der Waals surface area contributed by atoms with Gasteiger partial charge < -0.3 is 10.3 Å². The van der Waals surface area contributed by atoms with Crippen LogP contribution in [0.3, 0.4) is 0 Å². The molecule has 0 fully saturated rings. The molecule has 0 aromatic carbocycles. The Kier molecular flexibility index (Phi) is 1.81. The van der Waals surface area contributed by atoms with Crippen LogP contribution in [-0.4, -0.2) is 9.55 Å². The summed E-state index contributed by atoms with van der Waals surface area (Å²) in [7, 11) is 2.02. The third kappa shape index (κ3) is 1.04. The van der Waals surface area contributed by atoms with E-state index >= 15 is 0 Å². The Labute approximate surface area is 77.2 Å². The first-order valence-corrected chi connectivity index (χ1v) is 4.34. The van der Waals surface area contributed by atoms with Crippen LogP contribution in [0.5, 0.6) is 0 Å². The fraction of sp³-hybridized carbons (Fsp3) is 0.300. The first-order chi connectivity index (χ1) is 6.25. The van der Waals surface area contributed by atoms with Gasteiger partial charge in [-0.1, -0.05) is 0 Å². The Hall–Kier alpha value is -1.35. The fourth-order valence-electron chi connectivity index (χ4n) is 1.71. The van der Waals surface area contributed by atoms with E-state index in [9.17, 15) is 0 Å². The van der Waals surface area contributed by atoms with Crippen molar-refractivity contribution in [1.82, 2.24) is 9.55 Å². The topological polar surface area (TPSA) is 43.8 Å². The van der Waals surface area contributed by atoms with Gasteiger partial charge in [-0.25, -0.2) is 4.98 Å². The highest BCUT2D eigenvalue weighted by molar-refractivity contribution is 5.81. The van der Waals surface area contributed by atoms with E-state index in [0.29, 0.717) is 6.54 Å². The van der Waals surface area contributed by atoms with Crippen LogP contribution < -0.4 is 5.73 Å². The van der Waals surface area contributed by atoms with Gasteiger partial charge in [0.15, 0.2) is 0 Å². The molecule has 13 heavy (non-hydrogen) atoms. The second-order valence-corrected chi connectivity index (χ2v) is 3.20. The molecule has 0 aliphatic heterocycles. The van der Waals surface area contributed by atoms with Crippen LogP contribution in [0.15, 0.2) is 18.3 Å². The summed E-state index contributed by atoms with van der Waals surface area (Å²) in [5, 5.41) is 1.17. The maximum atomic E-state index is 5.69. The molecule has 2 aromatic heterocycles. The first kappa shape index (κ1) is 8.26. The third-order valence-corrected chi connectivity index (χ3v) is 2.57. The smallest absolute Gasteiger partial charge is 0.140 e. The Morgan fingerprint density at radius 2 is 2.31 bits per heavy atom. The van der Waals surface area contributed by atoms with Crippen LogP contribution in [0, 0.1) is 6.92 Å². The number of pyridine rings is 1. The van der Waals surface area contributed by atoms with Gasteiger partial charge in [-0.2, -0.15) is 0 Å². The minimum Gasteiger partial charge on any atom is -0.333 e. The second-order valence-electron chi connectivity index (χ2n) is 3.20. The van der Waals surface area contributed by atoms with Gasteiger partial charge in [0.2, 0.25) is 0 Å². The van der Waals surface area contributed by atoms with Crippen LogP contribution in [0.2, 0.25) is 0 Å². The van der Waals surface area contributed by atoms with Gasteiger partial charge >= 0.3 is 0 Å². The van der Waals surface area contributed by atoms with Gasteiger partial charge in [0.1, 0.15) is 5.65 Å². The van der Waals surface area contributed by atoms with Crippen molar-refractivity contribution in [2.75, 3.05) is 0 Å². The Bertz CT molecular complexity index is 443. The Morgan fingerprint density at radius 3 is 3.00 bits per heavy atom. The van der Waals surface area contributed by atoms with Crippen molar-refractivity contribution in [3.8, 4) is 0 Å². The van der Waals surface area contributed by atoms with Crippen LogP contribution in [0.25, 0.3) is 11.0 Å². The average molecular weight is 175 g/mol. The summed E-state index contributed by atoms with van der Waals surface area (Å²) in [6.45, 7) is 2.65. The largest absolute Gasteiger partial charge is 0.333 e. The predicted molar refractivity (Wildman–Crippen MR) is 53.3 cm³/mol. The maximum absolute atomic E-state index is 5.69. The van der Waals surface area contributed by atoms with Gasteiger partial charge in [0.05, 0.1) is 0 Å². The zero-order chi connectivity index (χ0) is 9.42. The standard InChI is InChI=1S/C10H13N3/c1-7-9(6-11)8-4-3-5-12-10(8)13(7)2/h3-5H,6,11H2,1-2H3. The third-order valence-electron chi connectivity index (χ3n) is 2.57. The average Bonchev–Trinajstić information content (AvgIpc) is 2.41. The molecule has 68 valence electrons. The zero-order valence-corrected chi connectivity index (χ0v) is 7.91. The summed E-state index contributed by atoms with van der Waals surface area (Å²) >= 11 is 0. The van der Waals surface area contributed by atoms with E-state index in [1.165, 1.54) is 16.6 Å². The van der Waals surface area contributed by atoms with Crippen LogP contribution in [0.1, 0.15) is 11.3 Å². The van der Waals surface area contributed by atoms with Gasteiger partial charge in [-0.15, -0.1) is 0 Å². The summed E-state index contributed by atoms with van der Waals surface area (Å²) in [5.41, 5.74) is 9.11. The van der Waals surface area contributed by atoms with Crippen molar-refractivity contribution in [2.45, 2.75) is 13.5 Å². The molecule has 0 saturated heterocycles. The SMILES string of the molecule is Cc1c(CN)c2cccnc2n1C. The minimum absolute atomic E-state index is 0.578. The summed E-state index contributed by atoms with van der Waals surface area (Å²) < 4.78 is 2.08. The molecule has 0 bridgehead atoms. The van der Waals surface area contributed by atoms with E-state index in [4.69, 9.17) is 5.73 Å². The predicted octanol–water partition coefficient (Wildman–Crippen LogP) is 1.34. The van der Waals surface area contributed by atoms with Gasteiger partial charge in [0.25, 0.3) is 0 Å². The lowest BCUT2D eigenvalue weighted by Crippen LogP contribution is -1.99. The van der Waals surface area contributed by atoms with E-state index in [1.54, 1.807) is 0 Å². The molecule has 2 N–H and O–H groups in total. The van der Waals surface area contributed by atoms with Gasteiger partial charge in [0, 0.05) is 30.9 Å². The van der Waals surface area contributed by atoms with Crippen molar-refractivity contribution in [1.29, 1.82) is 0 Å². The molecule has 0 radical (unpaired) electrons. The molecule has 0 aliphatic carbocycles. The molecule has 2 rings (SSSR count). The highest BCUT2D eigenvalue weighted by Gasteiger charge is 2.09. The second kappa shape index (κ2) is 2.85. The van der Waals surface area contributed by atoms with Crippen molar-refractivity contribution in [2.24, 2.45) is 12.8 Å². The lowest BCUT2D eigenvalue weighted by Gasteiger charge is -1.97. The molecular formula is C10H13N3. The first-order valence-electron chi connectivity index (χ1n) is 4.34. The quantitative estimate of drug-likeness (QED) is 0.710. The fourth-order valence-corrected chi connectivity index (χ4v) is 1.71. The van der Waals surface area contributed by atoms with E-state index < -0.39 is 0 Å². The summed E-state index contributed by atoms with van der Waals surface area (Å²) in [6.07, 6.45) is 1.81. The number of hydrogen-bond donors (Lipinski definition) is 1. The van der Waals surface area contributed by atoms with Crippen LogP contribution in [0.4, 0.5) is 0 Å². The van der Waals surface area contributed by atoms with Crippen molar-refractivity contribution < 1.29 is 0 Å². The van der Waals surface area contributed by atoms with E-state index in [-0.39, 0.29) is 0 Å². The molecule has 0 atom stereocenters. The number of nitrogens with two attached hydrogens (primary N) is 1. The number of nitrogens with zero attached hydrogens (tertiary/aromatic N) is 2. The molecule has 3 heteroatoms. The number of fused-ring (bicyclic) bond motifs is 1. The van der Waals surface area contributed by atoms with Crippen molar-refractivity contribution in [3.63, 3.8) is 0 Å². The Morgan fingerprint density at radius 1 is 1.54 bits per heavy atom. The highest BCUT2D eigenvalue weighted by atomic mass is 15.0. The number of rotatable bonds is 1. The number of aryl methyl sites for hydroxylation is 1. The molecule has 2 aromatic rings. The summed E-state index contributed by atoms with van der Waals surface area (Å²) in [4.78, 5) is 4.32. The normalized spacial score (nSPS) is 11.0. The summed E-state index contributed by atoms with van der Waals surface area (Å²) in [5.74, 6) is 0. The summed E-state index contributed by atoms with van der Waals surface area (Å²) in [6, 6.07) is 4.01. The van der Waals surface area contributed by atoms with Crippen molar-refractivity contribution >= 4 is 11.0 Å². The molecule has 0 unspecified atom stereocenters. The number of aromatic nitrogens is 2. The van der Waals surface area contributed by atoms with Crippen LogP contribution in [-0.2, 0) is 13.6 Å². The molecule has 0 amide bonds. The highest BCUT2D eigenvalue weighted by Crippen LogP contribution is 2.21. The van der Waals surface area contributed by atoms with E-state index in [0.717, 1.165) is 5.65 Å². The zero-order valence-electron chi connectivity index (χ0n) is 7.91. The number of hydrogen-bond acceptors (Lipinski definition) is 2. The van der Waals surface area contributed by atoms with Crippen LogP contribution >= 0.6 is 0 Å². The molecule has 0 aliphatic rings. The van der Waals surface area contributed by atoms with Crippen molar-refractivity contribution in [3.05, 3.63) is 29.6 Å². The Balaban J connectivity index is 2.90.